The summed E-state index contributed by atoms with van der Waals surface area (Å²) >= 11 is 0. The minimum absolute atomic E-state index is 0.531. The molecule has 0 amide bonds. The van der Waals surface area contributed by atoms with Gasteiger partial charge in [-0.15, -0.1) is 0 Å². The molecule has 1 fully saturated rings. The van der Waals surface area contributed by atoms with Crippen LogP contribution in [0.2, 0.25) is 0 Å². The van der Waals surface area contributed by atoms with E-state index in [0.717, 1.165) is 12.5 Å². The van der Waals surface area contributed by atoms with Crippen LogP contribution >= 0.6 is 0 Å². The molecule has 1 aliphatic rings. The number of rotatable bonds is 4. The smallest absolute Gasteiger partial charge is 0.0571 e. The molecule has 0 unspecified atom stereocenters. The molecule has 0 bridgehead atoms. The first-order chi connectivity index (χ1) is 5.86. The summed E-state index contributed by atoms with van der Waals surface area (Å²) in [5, 5.41) is 0. The van der Waals surface area contributed by atoms with Crippen LogP contribution in [-0.4, -0.2) is 26.9 Å². The largest absolute Gasteiger partial charge is 0.385 e. The van der Waals surface area contributed by atoms with Crippen molar-refractivity contribution in [1.82, 2.24) is 0 Å². The molecule has 0 radical (unpaired) electrons. The fourth-order valence-corrected chi connectivity index (χ4v) is 1.94. The molecule has 1 saturated carbocycles. The summed E-state index contributed by atoms with van der Waals surface area (Å²) in [6, 6.07) is 0. The van der Waals surface area contributed by atoms with Gasteiger partial charge in [0.05, 0.1) is 6.10 Å². The number of hydrogen-bond donors (Lipinski definition) is 0. The zero-order chi connectivity index (χ0) is 8.81. The van der Waals surface area contributed by atoms with Gasteiger partial charge in [0.25, 0.3) is 0 Å². The van der Waals surface area contributed by atoms with E-state index in [-0.39, 0.29) is 0 Å². The van der Waals surface area contributed by atoms with Crippen LogP contribution in [0.25, 0.3) is 0 Å². The van der Waals surface area contributed by atoms with E-state index in [9.17, 15) is 0 Å². The van der Waals surface area contributed by atoms with Gasteiger partial charge in [0.2, 0.25) is 0 Å². The van der Waals surface area contributed by atoms with Crippen LogP contribution in [0.3, 0.4) is 0 Å². The van der Waals surface area contributed by atoms with Crippen LogP contribution in [0, 0.1) is 5.92 Å². The van der Waals surface area contributed by atoms with Crippen molar-refractivity contribution in [2.75, 3.05) is 20.8 Å². The lowest BCUT2D eigenvalue weighted by Crippen LogP contribution is -2.21. The second kappa shape index (κ2) is 5.55. The number of ether oxygens (including phenoxy) is 2. The van der Waals surface area contributed by atoms with E-state index in [1.54, 1.807) is 7.11 Å². The van der Waals surface area contributed by atoms with Crippen molar-refractivity contribution in [1.29, 1.82) is 0 Å². The molecule has 1 aliphatic carbocycles. The average molecular weight is 172 g/mol. The van der Waals surface area contributed by atoms with Gasteiger partial charge in [-0.2, -0.15) is 0 Å². The Kier molecular flexibility index (Phi) is 4.62. The summed E-state index contributed by atoms with van der Waals surface area (Å²) in [5.74, 6) is 0.886. The molecule has 72 valence electrons. The summed E-state index contributed by atoms with van der Waals surface area (Å²) in [6.07, 6.45) is 6.88. The molecule has 0 N–H and O–H groups in total. The maximum absolute atomic E-state index is 5.31. The van der Waals surface area contributed by atoms with Crippen molar-refractivity contribution in [3.63, 3.8) is 0 Å². The van der Waals surface area contributed by atoms with Crippen LogP contribution in [0.5, 0.6) is 0 Å². The quantitative estimate of drug-likeness (QED) is 0.647. The molecule has 0 aliphatic heterocycles. The Morgan fingerprint density at radius 1 is 1.08 bits per heavy atom. The van der Waals surface area contributed by atoms with Crippen molar-refractivity contribution in [2.45, 2.75) is 38.2 Å². The van der Waals surface area contributed by atoms with Gasteiger partial charge in [-0.1, -0.05) is 0 Å². The molecule has 0 spiro atoms. The van der Waals surface area contributed by atoms with Crippen molar-refractivity contribution in [2.24, 2.45) is 5.92 Å². The summed E-state index contributed by atoms with van der Waals surface area (Å²) in [4.78, 5) is 0. The Morgan fingerprint density at radius 3 is 2.25 bits per heavy atom. The minimum Gasteiger partial charge on any atom is -0.385 e. The topological polar surface area (TPSA) is 18.5 Å². The van der Waals surface area contributed by atoms with E-state index in [1.165, 1.54) is 32.1 Å². The van der Waals surface area contributed by atoms with Gasteiger partial charge in [0.1, 0.15) is 0 Å². The summed E-state index contributed by atoms with van der Waals surface area (Å²) in [6.45, 7) is 0.919. The molecule has 0 atom stereocenters. The summed E-state index contributed by atoms with van der Waals surface area (Å²) < 4.78 is 10.4. The predicted molar refractivity (Wildman–Crippen MR) is 49.2 cm³/mol. The first kappa shape index (κ1) is 10.0. The zero-order valence-electron chi connectivity index (χ0n) is 8.21. The molecule has 2 heteroatoms. The maximum atomic E-state index is 5.31. The molecule has 1 rings (SSSR count). The van der Waals surface area contributed by atoms with Crippen LogP contribution in [0.1, 0.15) is 32.1 Å². The van der Waals surface area contributed by atoms with Gasteiger partial charge >= 0.3 is 0 Å². The van der Waals surface area contributed by atoms with Crippen molar-refractivity contribution >= 4 is 0 Å². The van der Waals surface area contributed by atoms with Crippen LogP contribution < -0.4 is 0 Å². The molecule has 0 heterocycles. The molecule has 12 heavy (non-hydrogen) atoms. The Balaban J connectivity index is 2.09. The second-order valence-corrected chi connectivity index (χ2v) is 3.66. The molecular formula is C10H20O2. The standard InChI is InChI=1S/C10H20O2/c1-11-8-7-9-3-5-10(12-2)6-4-9/h9-10H,3-8H2,1-2H3. The normalized spacial score (nSPS) is 30.5. The van der Waals surface area contributed by atoms with Crippen LogP contribution in [0.4, 0.5) is 0 Å². The van der Waals surface area contributed by atoms with Crippen molar-refractivity contribution < 1.29 is 9.47 Å². The van der Waals surface area contributed by atoms with Gasteiger partial charge in [-0.25, -0.2) is 0 Å². The highest BCUT2D eigenvalue weighted by molar-refractivity contribution is 4.72. The predicted octanol–water partition coefficient (Wildman–Crippen LogP) is 2.23. The van der Waals surface area contributed by atoms with E-state index in [4.69, 9.17) is 9.47 Å². The highest BCUT2D eigenvalue weighted by atomic mass is 16.5. The van der Waals surface area contributed by atoms with Gasteiger partial charge in [0.15, 0.2) is 0 Å². The lowest BCUT2D eigenvalue weighted by molar-refractivity contribution is 0.0505. The first-order valence-electron chi connectivity index (χ1n) is 4.88. The van der Waals surface area contributed by atoms with Gasteiger partial charge in [-0.05, 0) is 38.0 Å². The van der Waals surface area contributed by atoms with E-state index in [2.05, 4.69) is 0 Å². The van der Waals surface area contributed by atoms with E-state index in [0.29, 0.717) is 6.10 Å². The summed E-state index contributed by atoms with van der Waals surface area (Å²) in [7, 11) is 3.60. The molecular weight excluding hydrogens is 152 g/mol. The molecule has 2 nitrogen and oxygen atoms in total. The average Bonchev–Trinajstić information content (AvgIpc) is 2.15. The Morgan fingerprint density at radius 2 is 1.75 bits per heavy atom. The maximum Gasteiger partial charge on any atom is 0.0571 e. The Labute approximate surface area is 75.2 Å². The fourth-order valence-electron chi connectivity index (χ4n) is 1.94. The Hall–Kier alpha value is -0.0800. The third-order valence-electron chi connectivity index (χ3n) is 2.86. The third-order valence-corrected chi connectivity index (χ3v) is 2.86. The molecule has 0 saturated heterocycles. The fraction of sp³-hybridized carbons (Fsp3) is 1.00. The van der Waals surface area contributed by atoms with Gasteiger partial charge in [0, 0.05) is 20.8 Å². The lowest BCUT2D eigenvalue weighted by atomic mass is 9.85. The second-order valence-electron chi connectivity index (χ2n) is 3.66. The Bertz CT molecular complexity index is 106. The van der Waals surface area contributed by atoms with E-state index >= 15 is 0 Å². The van der Waals surface area contributed by atoms with Crippen molar-refractivity contribution in [3.8, 4) is 0 Å². The SMILES string of the molecule is COCCC1CCC(OC)CC1. The number of hydrogen-bond acceptors (Lipinski definition) is 2. The third kappa shape index (κ3) is 3.11. The highest BCUT2D eigenvalue weighted by Crippen LogP contribution is 2.27. The van der Waals surface area contributed by atoms with Crippen molar-refractivity contribution in [3.05, 3.63) is 0 Å². The highest BCUT2D eigenvalue weighted by Gasteiger charge is 2.19. The summed E-state index contributed by atoms with van der Waals surface area (Å²) in [5.41, 5.74) is 0. The molecule has 0 aromatic heterocycles. The monoisotopic (exact) mass is 172 g/mol. The number of methoxy groups -OCH3 is 2. The van der Waals surface area contributed by atoms with Crippen LogP contribution in [0.15, 0.2) is 0 Å². The molecule has 0 aromatic carbocycles. The molecule has 0 aromatic rings. The van der Waals surface area contributed by atoms with Gasteiger partial charge < -0.3 is 9.47 Å². The zero-order valence-corrected chi connectivity index (χ0v) is 8.21. The van der Waals surface area contributed by atoms with Gasteiger partial charge in [-0.3, -0.25) is 0 Å². The van der Waals surface area contributed by atoms with E-state index in [1.807, 2.05) is 7.11 Å². The van der Waals surface area contributed by atoms with E-state index < -0.39 is 0 Å². The lowest BCUT2D eigenvalue weighted by Gasteiger charge is -2.27. The minimum atomic E-state index is 0.531. The van der Waals surface area contributed by atoms with Crippen LogP contribution in [-0.2, 0) is 9.47 Å². The first-order valence-corrected chi connectivity index (χ1v) is 4.88.